The van der Waals surface area contributed by atoms with E-state index >= 15 is 0 Å². The van der Waals surface area contributed by atoms with Crippen molar-refractivity contribution in [1.82, 2.24) is 4.90 Å². The molecule has 0 unspecified atom stereocenters. The van der Waals surface area contributed by atoms with Gasteiger partial charge in [0.05, 0.1) is 18.8 Å². The Bertz CT molecular complexity index is 628. The van der Waals surface area contributed by atoms with E-state index in [2.05, 4.69) is 0 Å². The van der Waals surface area contributed by atoms with Gasteiger partial charge in [0.1, 0.15) is 12.4 Å². The number of nitrogens with zero attached hydrogens (tertiary/aromatic N) is 2. The minimum Gasteiger partial charge on any atom is -0.489 e. The van der Waals surface area contributed by atoms with Gasteiger partial charge in [-0.2, -0.15) is 5.26 Å². The lowest BCUT2D eigenvalue weighted by atomic mass is 10.2. The molecular formula is C16H16N2O3. The summed E-state index contributed by atoms with van der Waals surface area (Å²) in [5.74, 6) is 0.739. The van der Waals surface area contributed by atoms with Gasteiger partial charge in [-0.15, -0.1) is 0 Å². The predicted molar refractivity (Wildman–Crippen MR) is 76.7 cm³/mol. The number of carbonyl (C=O) groups excluding carboxylic acids is 1. The van der Waals surface area contributed by atoms with Crippen LogP contribution >= 0.6 is 0 Å². The molecule has 0 aliphatic heterocycles. The maximum atomic E-state index is 12.2. The number of ether oxygens (including phenoxy) is 1. The molecule has 0 saturated heterocycles. The van der Waals surface area contributed by atoms with E-state index in [0.29, 0.717) is 18.5 Å². The summed E-state index contributed by atoms with van der Waals surface area (Å²) in [6, 6.07) is 13.1. The minimum absolute atomic E-state index is 0.248. The van der Waals surface area contributed by atoms with Gasteiger partial charge in [-0.1, -0.05) is 18.2 Å². The van der Waals surface area contributed by atoms with E-state index in [1.807, 2.05) is 36.4 Å². The van der Waals surface area contributed by atoms with E-state index in [4.69, 9.17) is 14.4 Å². The van der Waals surface area contributed by atoms with Crippen LogP contribution in [0.2, 0.25) is 0 Å². The second kappa shape index (κ2) is 7.15. The van der Waals surface area contributed by atoms with Crippen LogP contribution in [0.15, 0.2) is 47.1 Å². The van der Waals surface area contributed by atoms with Crippen LogP contribution in [0.4, 0.5) is 0 Å². The van der Waals surface area contributed by atoms with Crippen LogP contribution in [0.5, 0.6) is 5.75 Å². The van der Waals surface area contributed by atoms with E-state index in [1.165, 1.54) is 11.2 Å². The molecule has 0 radical (unpaired) electrons. The molecule has 1 aromatic heterocycles. The molecule has 21 heavy (non-hydrogen) atoms. The van der Waals surface area contributed by atoms with E-state index in [1.54, 1.807) is 13.1 Å². The Balaban J connectivity index is 2.01. The van der Waals surface area contributed by atoms with Gasteiger partial charge in [-0.3, -0.25) is 4.79 Å². The maximum absolute atomic E-state index is 12.2. The summed E-state index contributed by atoms with van der Waals surface area (Å²) in [5.41, 5.74) is 0.688. The Hall–Kier alpha value is -2.74. The lowest BCUT2D eigenvalue weighted by molar-refractivity contribution is 0.0763. The van der Waals surface area contributed by atoms with E-state index in [0.717, 1.165) is 5.75 Å². The lowest BCUT2D eigenvalue weighted by Gasteiger charge is -2.14. The highest BCUT2D eigenvalue weighted by atomic mass is 16.5. The smallest absolute Gasteiger partial charge is 0.289 e. The second-order valence-corrected chi connectivity index (χ2v) is 4.51. The lowest BCUT2D eigenvalue weighted by Crippen LogP contribution is -2.28. The number of amides is 1. The molecule has 1 aromatic carbocycles. The molecule has 2 rings (SSSR count). The molecule has 0 bridgehead atoms. The van der Waals surface area contributed by atoms with Crippen molar-refractivity contribution in [1.29, 1.82) is 5.26 Å². The van der Waals surface area contributed by atoms with Crippen molar-refractivity contribution in [2.45, 2.75) is 13.0 Å². The van der Waals surface area contributed by atoms with Crippen molar-refractivity contribution < 1.29 is 13.9 Å². The minimum atomic E-state index is -0.248. The molecule has 1 heterocycles. The Labute approximate surface area is 123 Å². The molecule has 1 amide bonds. The molecule has 0 spiro atoms. The molecule has 5 heteroatoms. The van der Waals surface area contributed by atoms with Gasteiger partial charge in [0.25, 0.3) is 5.91 Å². The van der Waals surface area contributed by atoms with Gasteiger partial charge in [0.2, 0.25) is 0 Å². The Morgan fingerprint density at radius 3 is 2.81 bits per heavy atom. The van der Waals surface area contributed by atoms with E-state index in [-0.39, 0.29) is 18.3 Å². The van der Waals surface area contributed by atoms with Gasteiger partial charge in [-0.25, -0.2) is 0 Å². The average molecular weight is 284 g/mol. The number of carbonyl (C=O) groups is 1. The highest BCUT2D eigenvalue weighted by Gasteiger charge is 2.19. The molecule has 0 saturated carbocycles. The van der Waals surface area contributed by atoms with Crippen LogP contribution in [0.3, 0.4) is 0 Å². The molecule has 2 aromatic rings. The zero-order valence-corrected chi connectivity index (χ0v) is 11.8. The molecule has 108 valence electrons. The topological polar surface area (TPSA) is 66.5 Å². The van der Waals surface area contributed by atoms with Gasteiger partial charge < -0.3 is 14.1 Å². The average Bonchev–Trinajstić information content (AvgIpc) is 2.99. The normalized spacial score (nSPS) is 9.90. The van der Waals surface area contributed by atoms with Gasteiger partial charge in [0.15, 0.2) is 5.76 Å². The van der Waals surface area contributed by atoms with Crippen molar-refractivity contribution in [2.75, 3.05) is 13.6 Å². The first-order valence-electron chi connectivity index (χ1n) is 6.59. The fourth-order valence-electron chi connectivity index (χ4n) is 1.81. The number of para-hydroxylation sites is 1. The predicted octanol–water partition coefficient (Wildman–Crippen LogP) is 2.84. The zero-order chi connectivity index (χ0) is 15.1. The van der Waals surface area contributed by atoms with Gasteiger partial charge in [0, 0.05) is 19.2 Å². The number of hydrogen-bond acceptors (Lipinski definition) is 4. The van der Waals surface area contributed by atoms with E-state index < -0.39 is 0 Å². The second-order valence-electron chi connectivity index (χ2n) is 4.51. The first-order valence-corrected chi connectivity index (χ1v) is 6.59. The highest BCUT2D eigenvalue weighted by molar-refractivity contribution is 5.92. The third-order valence-corrected chi connectivity index (χ3v) is 2.98. The summed E-state index contributed by atoms with van der Waals surface area (Å²) in [4.78, 5) is 13.7. The first kappa shape index (κ1) is 14.7. The van der Waals surface area contributed by atoms with Crippen LogP contribution in [0, 0.1) is 11.3 Å². The maximum Gasteiger partial charge on any atom is 0.289 e. The van der Waals surface area contributed by atoms with Crippen LogP contribution in [0.25, 0.3) is 0 Å². The number of hydrogen-bond donors (Lipinski definition) is 0. The number of furan rings is 1. The fourth-order valence-corrected chi connectivity index (χ4v) is 1.81. The Morgan fingerprint density at radius 2 is 2.10 bits per heavy atom. The van der Waals surface area contributed by atoms with Crippen molar-refractivity contribution in [3.63, 3.8) is 0 Å². The molecule has 0 N–H and O–H groups in total. The van der Waals surface area contributed by atoms with Crippen molar-refractivity contribution in [2.24, 2.45) is 0 Å². The summed E-state index contributed by atoms with van der Waals surface area (Å²) < 4.78 is 10.9. The first-order chi connectivity index (χ1) is 10.2. The standard InChI is InChI=1S/C16H16N2O3/c1-18(10-5-9-17)16(19)15-13(8-11-20-15)12-21-14-6-3-2-4-7-14/h2-4,6-8,11H,5,10,12H2,1H3. The largest absolute Gasteiger partial charge is 0.489 e. The molecule has 0 aliphatic carbocycles. The highest BCUT2D eigenvalue weighted by Crippen LogP contribution is 2.17. The third kappa shape index (κ3) is 3.86. The van der Waals surface area contributed by atoms with Crippen LogP contribution in [0.1, 0.15) is 22.5 Å². The summed E-state index contributed by atoms with van der Waals surface area (Å²) >= 11 is 0. The molecule has 0 atom stereocenters. The van der Waals surface area contributed by atoms with Crippen molar-refractivity contribution in [3.8, 4) is 11.8 Å². The Morgan fingerprint density at radius 1 is 1.33 bits per heavy atom. The number of nitriles is 1. The van der Waals surface area contributed by atoms with Crippen LogP contribution in [-0.4, -0.2) is 24.4 Å². The fraction of sp³-hybridized carbons (Fsp3) is 0.250. The molecule has 0 aliphatic rings. The van der Waals surface area contributed by atoms with Crippen molar-refractivity contribution in [3.05, 3.63) is 54.0 Å². The molecular weight excluding hydrogens is 268 g/mol. The third-order valence-electron chi connectivity index (χ3n) is 2.98. The SMILES string of the molecule is CN(CCC#N)C(=O)c1occc1COc1ccccc1. The summed E-state index contributed by atoms with van der Waals surface area (Å²) in [5, 5.41) is 8.56. The van der Waals surface area contributed by atoms with Crippen LogP contribution < -0.4 is 4.74 Å². The molecule has 0 fully saturated rings. The quantitative estimate of drug-likeness (QED) is 0.818. The molecule has 5 nitrogen and oxygen atoms in total. The monoisotopic (exact) mass is 284 g/mol. The summed E-state index contributed by atoms with van der Waals surface area (Å²) in [6.07, 6.45) is 1.76. The van der Waals surface area contributed by atoms with Gasteiger partial charge in [-0.05, 0) is 18.2 Å². The van der Waals surface area contributed by atoms with E-state index in [9.17, 15) is 4.79 Å². The number of rotatable bonds is 6. The summed E-state index contributed by atoms with van der Waals surface area (Å²) in [6.45, 7) is 0.628. The van der Waals surface area contributed by atoms with Crippen molar-refractivity contribution >= 4 is 5.91 Å². The Kier molecular flexibility index (Phi) is 4.99. The van der Waals surface area contributed by atoms with Crippen LogP contribution in [-0.2, 0) is 6.61 Å². The van der Waals surface area contributed by atoms with Gasteiger partial charge >= 0.3 is 0 Å². The zero-order valence-electron chi connectivity index (χ0n) is 11.8. The summed E-state index contributed by atoms with van der Waals surface area (Å²) in [7, 11) is 1.64. The number of benzene rings is 1.